The van der Waals surface area contributed by atoms with Crippen molar-refractivity contribution in [3.05, 3.63) is 33.3 Å². The molecule has 0 aromatic heterocycles. The highest BCUT2D eigenvalue weighted by Crippen LogP contribution is 2.29. The van der Waals surface area contributed by atoms with Crippen LogP contribution >= 0.6 is 11.6 Å². The number of benzene rings is 1. The van der Waals surface area contributed by atoms with Gasteiger partial charge in [0.2, 0.25) is 0 Å². The van der Waals surface area contributed by atoms with Gasteiger partial charge in [-0.1, -0.05) is 25.4 Å². The van der Waals surface area contributed by atoms with Crippen LogP contribution in [0.5, 0.6) is 5.75 Å². The van der Waals surface area contributed by atoms with Crippen molar-refractivity contribution in [2.45, 2.75) is 20.3 Å². The van der Waals surface area contributed by atoms with Crippen LogP contribution in [0.3, 0.4) is 0 Å². The van der Waals surface area contributed by atoms with Crippen molar-refractivity contribution < 1.29 is 9.66 Å². The summed E-state index contributed by atoms with van der Waals surface area (Å²) in [6.07, 6.45) is 0.515. The van der Waals surface area contributed by atoms with Gasteiger partial charge >= 0.3 is 0 Å². The molecule has 0 aliphatic heterocycles. The molecular formula is C12H16ClN3O3. The summed E-state index contributed by atoms with van der Waals surface area (Å²) < 4.78 is 5.43. The first-order valence-electron chi connectivity index (χ1n) is 5.65. The summed E-state index contributed by atoms with van der Waals surface area (Å²) >= 11 is 5.90. The first kappa shape index (κ1) is 15.2. The lowest BCUT2D eigenvalue weighted by atomic mass is 9.88. The molecule has 0 aliphatic rings. The number of nitrogens with two attached hydrogens (primary N) is 1. The van der Waals surface area contributed by atoms with Crippen molar-refractivity contribution in [2.24, 2.45) is 11.1 Å². The molecule has 0 fully saturated rings. The van der Waals surface area contributed by atoms with Crippen LogP contribution in [-0.2, 0) is 0 Å². The molecule has 0 spiro atoms. The van der Waals surface area contributed by atoms with Crippen LogP contribution < -0.4 is 10.5 Å². The monoisotopic (exact) mass is 285 g/mol. The Morgan fingerprint density at radius 1 is 1.58 bits per heavy atom. The Hall–Kier alpha value is -1.82. The molecule has 6 nitrogen and oxygen atoms in total. The molecule has 0 unspecified atom stereocenters. The summed E-state index contributed by atoms with van der Waals surface area (Å²) in [6.45, 7) is 3.93. The molecule has 0 saturated carbocycles. The van der Waals surface area contributed by atoms with Crippen molar-refractivity contribution in [1.82, 2.24) is 0 Å². The SMILES string of the molecule is CC(C)(CCOc1cc([N+](=O)[O-])ccc1Cl)C(=N)N. The van der Waals surface area contributed by atoms with E-state index in [9.17, 15) is 10.1 Å². The Morgan fingerprint density at radius 3 is 2.74 bits per heavy atom. The number of nitrogens with zero attached hydrogens (tertiary/aromatic N) is 1. The standard InChI is InChI=1S/C12H16ClN3O3/c1-12(2,11(14)15)5-6-19-10-7-8(16(17)18)3-4-9(10)13/h3-4,7H,5-6H2,1-2H3,(H3,14,15). The second-order valence-corrected chi connectivity index (χ2v) is 5.18. The van der Waals surface area contributed by atoms with Crippen LogP contribution in [0.25, 0.3) is 0 Å². The predicted octanol–water partition coefficient (Wildman–Crippen LogP) is 2.98. The number of nitrogens with one attached hydrogen (secondary N) is 1. The van der Waals surface area contributed by atoms with Crippen LogP contribution in [0.2, 0.25) is 5.02 Å². The second kappa shape index (κ2) is 5.88. The second-order valence-electron chi connectivity index (χ2n) is 4.77. The third-order valence-electron chi connectivity index (χ3n) is 2.84. The third-order valence-corrected chi connectivity index (χ3v) is 3.15. The number of hydrogen-bond donors (Lipinski definition) is 2. The minimum Gasteiger partial charge on any atom is -0.492 e. The topological polar surface area (TPSA) is 102 Å². The van der Waals surface area contributed by atoms with Crippen molar-refractivity contribution in [3.8, 4) is 5.75 Å². The minimum atomic E-state index is -0.511. The van der Waals surface area contributed by atoms with Crippen molar-refractivity contribution in [1.29, 1.82) is 5.41 Å². The van der Waals surface area contributed by atoms with Gasteiger partial charge in [0.15, 0.2) is 0 Å². The Kier molecular flexibility index (Phi) is 4.72. The summed E-state index contributed by atoms with van der Waals surface area (Å²) in [5.74, 6) is 0.330. The third kappa shape index (κ3) is 4.10. The highest BCUT2D eigenvalue weighted by Gasteiger charge is 2.21. The number of ether oxygens (including phenoxy) is 1. The zero-order chi connectivity index (χ0) is 14.6. The van der Waals surface area contributed by atoms with E-state index in [4.69, 9.17) is 27.5 Å². The maximum atomic E-state index is 10.6. The lowest BCUT2D eigenvalue weighted by Crippen LogP contribution is -2.32. The van der Waals surface area contributed by atoms with Gasteiger partial charge < -0.3 is 10.5 Å². The zero-order valence-corrected chi connectivity index (χ0v) is 11.5. The summed E-state index contributed by atoms with van der Waals surface area (Å²) in [5, 5.41) is 18.4. The number of nitro benzene ring substituents is 1. The summed E-state index contributed by atoms with van der Waals surface area (Å²) in [7, 11) is 0. The highest BCUT2D eigenvalue weighted by atomic mass is 35.5. The van der Waals surface area contributed by atoms with Crippen molar-refractivity contribution in [3.63, 3.8) is 0 Å². The Labute approximate surface area is 116 Å². The van der Waals surface area contributed by atoms with E-state index in [1.807, 2.05) is 13.8 Å². The quantitative estimate of drug-likeness (QED) is 0.363. The molecule has 0 saturated heterocycles. The number of hydrogen-bond acceptors (Lipinski definition) is 4. The van der Waals surface area contributed by atoms with Crippen molar-refractivity contribution >= 4 is 23.1 Å². The fourth-order valence-electron chi connectivity index (χ4n) is 1.27. The minimum absolute atomic E-state index is 0.0706. The van der Waals surface area contributed by atoms with Gasteiger partial charge in [-0.25, -0.2) is 0 Å². The fourth-order valence-corrected chi connectivity index (χ4v) is 1.44. The van der Waals surface area contributed by atoms with Crippen LogP contribution in [0.4, 0.5) is 5.69 Å². The van der Waals surface area contributed by atoms with E-state index in [1.54, 1.807) is 0 Å². The molecule has 0 atom stereocenters. The average Bonchev–Trinajstić information content (AvgIpc) is 2.30. The van der Waals surface area contributed by atoms with Crippen molar-refractivity contribution in [2.75, 3.05) is 6.61 Å². The van der Waals surface area contributed by atoms with Gasteiger partial charge in [-0.3, -0.25) is 15.5 Å². The maximum absolute atomic E-state index is 10.6. The molecule has 3 N–H and O–H groups in total. The fraction of sp³-hybridized carbons (Fsp3) is 0.417. The first-order chi connectivity index (χ1) is 8.74. The Morgan fingerprint density at radius 2 is 2.21 bits per heavy atom. The predicted molar refractivity (Wildman–Crippen MR) is 73.9 cm³/mol. The lowest BCUT2D eigenvalue weighted by Gasteiger charge is -2.22. The summed E-state index contributed by atoms with van der Waals surface area (Å²) in [6, 6.07) is 4.02. The lowest BCUT2D eigenvalue weighted by molar-refractivity contribution is -0.384. The first-order valence-corrected chi connectivity index (χ1v) is 6.03. The van der Waals surface area contributed by atoms with Crippen LogP contribution in [0, 0.1) is 20.9 Å². The molecule has 1 rings (SSSR count). The molecular weight excluding hydrogens is 270 g/mol. The van der Waals surface area contributed by atoms with E-state index < -0.39 is 10.3 Å². The van der Waals surface area contributed by atoms with Crippen LogP contribution in [0.15, 0.2) is 18.2 Å². The number of non-ortho nitro benzene ring substituents is 1. The molecule has 0 heterocycles. The largest absolute Gasteiger partial charge is 0.492 e. The molecule has 104 valence electrons. The molecule has 0 amide bonds. The average molecular weight is 286 g/mol. The van der Waals surface area contributed by atoms with Crippen LogP contribution in [0.1, 0.15) is 20.3 Å². The molecule has 19 heavy (non-hydrogen) atoms. The van der Waals surface area contributed by atoms with E-state index >= 15 is 0 Å². The van der Waals surface area contributed by atoms with E-state index in [0.717, 1.165) is 0 Å². The molecule has 0 aliphatic carbocycles. The molecule has 7 heteroatoms. The Balaban J connectivity index is 2.70. The van der Waals surface area contributed by atoms with Gasteiger partial charge in [-0.15, -0.1) is 0 Å². The van der Waals surface area contributed by atoms with E-state index in [1.165, 1.54) is 18.2 Å². The van der Waals surface area contributed by atoms with Gasteiger partial charge in [0, 0.05) is 11.5 Å². The number of halogens is 1. The van der Waals surface area contributed by atoms with Gasteiger partial charge in [-0.05, 0) is 12.5 Å². The van der Waals surface area contributed by atoms with Gasteiger partial charge in [0.1, 0.15) is 5.75 Å². The molecule has 1 aromatic carbocycles. The molecule has 0 radical (unpaired) electrons. The van der Waals surface area contributed by atoms with Gasteiger partial charge in [-0.2, -0.15) is 0 Å². The highest BCUT2D eigenvalue weighted by molar-refractivity contribution is 6.32. The van der Waals surface area contributed by atoms with E-state index in [-0.39, 0.29) is 23.9 Å². The van der Waals surface area contributed by atoms with E-state index in [2.05, 4.69) is 0 Å². The van der Waals surface area contributed by atoms with Crippen LogP contribution in [-0.4, -0.2) is 17.4 Å². The smallest absolute Gasteiger partial charge is 0.273 e. The number of rotatable bonds is 6. The number of nitro groups is 1. The normalized spacial score (nSPS) is 11.1. The number of amidine groups is 1. The maximum Gasteiger partial charge on any atom is 0.273 e. The van der Waals surface area contributed by atoms with E-state index in [0.29, 0.717) is 11.4 Å². The summed E-state index contributed by atoms with van der Waals surface area (Å²) in [5.41, 5.74) is 4.90. The zero-order valence-electron chi connectivity index (χ0n) is 10.8. The Bertz CT molecular complexity index is 503. The van der Waals surface area contributed by atoms with Gasteiger partial charge in [0.05, 0.1) is 28.5 Å². The van der Waals surface area contributed by atoms with Gasteiger partial charge in [0.25, 0.3) is 5.69 Å². The molecule has 0 bridgehead atoms. The molecule has 1 aromatic rings. The summed E-state index contributed by atoms with van der Waals surface area (Å²) in [4.78, 5) is 10.1.